The normalized spacial score (nSPS) is 9.71. The highest BCUT2D eigenvalue weighted by Gasteiger charge is 2.05. The molecule has 0 saturated heterocycles. The van der Waals surface area contributed by atoms with Crippen LogP contribution in [0.15, 0.2) is 46.9 Å². The van der Waals surface area contributed by atoms with Crippen LogP contribution in [0.25, 0.3) is 0 Å². The molecule has 0 unspecified atom stereocenters. The fourth-order valence-electron chi connectivity index (χ4n) is 1.43. The minimum absolute atomic E-state index is 0.617. The number of nitrogens with one attached hydrogen (secondary N) is 1. The van der Waals surface area contributed by atoms with Gasteiger partial charge in [0.2, 0.25) is 0 Å². The number of hydrogen-bond acceptors (Lipinski definition) is 2. The molecule has 0 fully saturated rings. The summed E-state index contributed by atoms with van der Waals surface area (Å²) in [7, 11) is 0. The molecule has 2 nitrogen and oxygen atoms in total. The zero-order valence-electron chi connectivity index (χ0n) is 8.74. The summed E-state index contributed by atoms with van der Waals surface area (Å²) in [6.45, 7) is 0. The first-order valence-electron chi connectivity index (χ1n) is 4.92. The van der Waals surface area contributed by atoms with Crippen LogP contribution in [0.2, 0.25) is 0 Å². The molecule has 0 saturated carbocycles. The van der Waals surface area contributed by atoms with E-state index in [4.69, 9.17) is 5.26 Å². The number of benzene rings is 2. The Balaban J connectivity index is 2.34. The van der Waals surface area contributed by atoms with E-state index >= 15 is 0 Å². The molecule has 0 heterocycles. The lowest BCUT2D eigenvalue weighted by Crippen LogP contribution is -1.94. The zero-order valence-corrected chi connectivity index (χ0v) is 12.5. The van der Waals surface area contributed by atoms with Crippen molar-refractivity contribution in [3.63, 3.8) is 0 Å². The Morgan fingerprint density at radius 2 is 1.82 bits per heavy atom. The highest BCUT2D eigenvalue weighted by Crippen LogP contribution is 2.26. The second-order valence-corrected chi connectivity index (χ2v) is 5.51. The minimum Gasteiger partial charge on any atom is -0.354 e. The van der Waals surface area contributed by atoms with Crippen molar-refractivity contribution < 1.29 is 0 Å². The Hall–Kier alpha value is -1.06. The van der Waals surface area contributed by atoms with E-state index in [1.54, 1.807) is 0 Å². The van der Waals surface area contributed by atoms with Crippen LogP contribution in [-0.2, 0) is 0 Å². The van der Waals surface area contributed by atoms with Crippen molar-refractivity contribution >= 4 is 49.9 Å². The molecule has 0 aliphatic heterocycles. The van der Waals surface area contributed by atoms with Crippen molar-refractivity contribution in [2.75, 3.05) is 5.32 Å². The topological polar surface area (TPSA) is 35.8 Å². The summed E-state index contributed by atoms with van der Waals surface area (Å²) in [5, 5.41) is 12.3. The van der Waals surface area contributed by atoms with Crippen LogP contribution < -0.4 is 5.32 Å². The van der Waals surface area contributed by atoms with Gasteiger partial charge in [0.1, 0.15) is 6.07 Å². The van der Waals surface area contributed by atoms with Crippen molar-refractivity contribution in [1.82, 2.24) is 0 Å². The molecule has 0 bridgehead atoms. The van der Waals surface area contributed by atoms with E-state index in [1.807, 2.05) is 42.5 Å². The Morgan fingerprint density at radius 1 is 1.12 bits per heavy atom. The van der Waals surface area contributed by atoms with Gasteiger partial charge in [0.25, 0.3) is 0 Å². The van der Waals surface area contributed by atoms with Gasteiger partial charge in [-0.05, 0) is 74.9 Å². The van der Waals surface area contributed by atoms with Crippen molar-refractivity contribution in [1.29, 1.82) is 5.26 Å². The second-order valence-electron chi connectivity index (χ2n) is 3.41. The van der Waals surface area contributed by atoms with E-state index in [-0.39, 0.29) is 0 Å². The molecule has 0 atom stereocenters. The molecule has 0 aromatic heterocycles. The summed E-state index contributed by atoms with van der Waals surface area (Å²) in [6.07, 6.45) is 0. The molecular weight excluding hydrogens is 391 g/mol. The summed E-state index contributed by atoms with van der Waals surface area (Å²) in [5.74, 6) is 0. The summed E-state index contributed by atoms with van der Waals surface area (Å²) < 4.78 is 1.98. The number of rotatable bonds is 2. The molecular formula is C13H8BrIN2. The average Bonchev–Trinajstić information content (AvgIpc) is 2.32. The van der Waals surface area contributed by atoms with Gasteiger partial charge in [-0.25, -0.2) is 0 Å². The summed E-state index contributed by atoms with van der Waals surface area (Å²) in [6, 6.07) is 15.9. The third kappa shape index (κ3) is 2.99. The standard InChI is InChI=1S/C13H8BrIN2/c14-12-2-1-3-13(11(12)8-16)17-10-6-4-9(15)5-7-10/h1-7,17H. The third-order valence-electron chi connectivity index (χ3n) is 2.25. The third-order valence-corrected chi connectivity index (χ3v) is 3.63. The molecule has 0 amide bonds. The first-order valence-corrected chi connectivity index (χ1v) is 6.79. The van der Waals surface area contributed by atoms with Gasteiger partial charge in [-0.1, -0.05) is 6.07 Å². The molecule has 0 radical (unpaired) electrons. The van der Waals surface area contributed by atoms with Crippen molar-refractivity contribution in [2.45, 2.75) is 0 Å². The number of nitriles is 1. The van der Waals surface area contributed by atoms with Gasteiger partial charge in [-0.15, -0.1) is 0 Å². The lowest BCUT2D eigenvalue weighted by molar-refractivity contribution is 1.44. The number of anilines is 2. The Morgan fingerprint density at radius 3 is 2.47 bits per heavy atom. The van der Waals surface area contributed by atoms with Crippen molar-refractivity contribution in [3.8, 4) is 6.07 Å². The van der Waals surface area contributed by atoms with E-state index in [9.17, 15) is 0 Å². The predicted octanol–water partition coefficient (Wildman–Crippen LogP) is 4.67. The second kappa shape index (κ2) is 5.52. The van der Waals surface area contributed by atoms with Gasteiger partial charge in [-0.2, -0.15) is 5.26 Å². The van der Waals surface area contributed by atoms with E-state index in [2.05, 4.69) is 49.9 Å². The van der Waals surface area contributed by atoms with Crippen LogP contribution in [0.4, 0.5) is 11.4 Å². The lowest BCUT2D eigenvalue weighted by atomic mass is 10.2. The predicted molar refractivity (Wildman–Crippen MR) is 81.3 cm³/mol. The fourth-order valence-corrected chi connectivity index (χ4v) is 2.25. The molecule has 0 aliphatic rings. The summed E-state index contributed by atoms with van der Waals surface area (Å²) in [4.78, 5) is 0. The molecule has 17 heavy (non-hydrogen) atoms. The Kier molecular flexibility index (Phi) is 4.02. The molecule has 4 heteroatoms. The van der Waals surface area contributed by atoms with Crippen molar-refractivity contribution in [2.24, 2.45) is 0 Å². The largest absolute Gasteiger partial charge is 0.354 e. The van der Waals surface area contributed by atoms with Crippen LogP contribution in [0.5, 0.6) is 0 Å². The monoisotopic (exact) mass is 398 g/mol. The minimum atomic E-state index is 0.617. The molecule has 2 rings (SSSR count). The number of nitrogens with zero attached hydrogens (tertiary/aromatic N) is 1. The van der Waals surface area contributed by atoms with Gasteiger partial charge < -0.3 is 5.32 Å². The van der Waals surface area contributed by atoms with Gasteiger partial charge in [0.05, 0.1) is 11.3 Å². The zero-order chi connectivity index (χ0) is 12.3. The van der Waals surface area contributed by atoms with Crippen LogP contribution >= 0.6 is 38.5 Å². The van der Waals surface area contributed by atoms with Gasteiger partial charge in [0, 0.05) is 13.7 Å². The van der Waals surface area contributed by atoms with Crippen LogP contribution in [0, 0.1) is 14.9 Å². The Bertz CT molecular complexity index is 573. The maximum absolute atomic E-state index is 9.10. The summed E-state index contributed by atoms with van der Waals surface area (Å²) >= 11 is 5.63. The van der Waals surface area contributed by atoms with Crippen LogP contribution in [-0.4, -0.2) is 0 Å². The summed E-state index contributed by atoms with van der Waals surface area (Å²) in [5.41, 5.74) is 2.40. The molecule has 2 aromatic rings. The molecule has 1 N–H and O–H groups in total. The Labute approximate surface area is 122 Å². The highest BCUT2D eigenvalue weighted by atomic mass is 127. The van der Waals surface area contributed by atoms with E-state index in [0.717, 1.165) is 15.8 Å². The van der Waals surface area contributed by atoms with Crippen LogP contribution in [0.1, 0.15) is 5.56 Å². The first kappa shape index (κ1) is 12.4. The van der Waals surface area contributed by atoms with E-state index < -0.39 is 0 Å². The van der Waals surface area contributed by atoms with Gasteiger partial charge in [-0.3, -0.25) is 0 Å². The molecule has 0 spiro atoms. The quantitative estimate of drug-likeness (QED) is 0.746. The van der Waals surface area contributed by atoms with Crippen LogP contribution in [0.3, 0.4) is 0 Å². The lowest BCUT2D eigenvalue weighted by Gasteiger charge is -2.09. The van der Waals surface area contributed by atoms with Crippen molar-refractivity contribution in [3.05, 3.63) is 56.1 Å². The van der Waals surface area contributed by atoms with E-state index in [1.165, 1.54) is 3.57 Å². The van der Waals surface area contributed by atoms with E-state index in [0.29, 0.717) is 5.56 Å². The fraction of sp³-hybridized carbons (Fsp3) is 0. The number of halogens is 2. The molecule has 0 aliphatic carbocycles. The first-order chi connectivity index (χ1) is 8.20. The maximum atomic E-state index is 9.10. The smallest absolute Gasteiger partial charge is 0.103 e. The van der Waals surface area contributed by atoms with Gasteiger partial charge >= 0.3 is 0 Å². The van der Waals surface area contributed by atoms with Gasteiger partial charge in [0.15, 0.2) is 0 Å². The molecule has 2 aromatic carbocycles. The molecule has 84 valence electrons. The maximum Gasteiger partial charge on any atom is 0.103 e. The number of hydrogen-bond donors (Lipinski definition) is 1. The SMILES string of the molecule is N#Cc1c(Br)cccc1Nc1ccc(I)cc1. The highest BCUT2D eigenvalue weighted by molar-refractivity contribution is 14.1. The average molecular weight is 399 g/mol.